The summed E-state index contributed by atoms with van der Waals surface area (Å²) in [6.45, 7) is 6.04. The summed E-state index contributed by atoms with van der Waals surface area (Å²) in [4.78, 5) is 0. The minimum atomic E-state index is 0.509. The summed E-state index contributed by atoms with van der Waals surface area (Å²) in [6.07, 6.45) is 0.806. The van der Waals surface area contributed by atoms with E-state index < -0.39 is 0 Å². The first-order valence-electron chi connectivity index (χ1n) is 6.79. The van der Waals surface area contributed by atoms with Crippen molar-refractivity contribution in [1.82, 2.24) is 9.78 Å². The van der Waals surface area contributed by atoms with Gasteiger partial charge >= 0.3 is 0 Å². The molecule has 20 heavy (non-hydrogen) atoms. The Morgan fingerprint density at radius 1 is 1.40 bits per heavy atom. The van der Waals surface area contributed by atoms with Crippen molar-refractivity contribution in [3.05, 3.63) is 45.7 Å². The Hall–Kier alpha value is -1.33. The van der Waals surface area contributed by atoms with Crippen LogP contribution in [0.1, 0.15) is 23.9 Å². The number of nitrogens with zero attached hydrogens (tertiary/aromatic N) is 2. The van der Waals surface area contributed by atoms with Gasteiger partial charge in [-0.3, -0.25) is 4.68 Å². The lowest BCUT2D eigenvalue weighted by Crippen LogP contribution is -2.09. The molecule has 0 spiro atoms. The topological polar surface area (TPSA) is 53.1 Å². The zero-order valence-electron chi connectivity index (χ0n) is 11.9. The van der Waals surface area contributed by atoms with Crippen LogP contribution in [0.3, 0.4) is 0 Å². The standard InChI is InChI=1S/C15H20BrN3O/c1-3-19-13(9-11(2)18-19)10-20-15-12(7-8-17)5-4-6-14(15)16/h4-6,9H,3,7-8,10,17H2,1-2H3. The Labute approximate surface area is 128 Å². The van der Waals surface area contributed by atoms with Gasteiger partial charge in [0, 0.05) is 6.54 Å². The number of aryl methyl sites for hydroxylation is 2. The summed E-state index contributed by atoms with van der Waals surface area (Å²) in [7, 11) is 0. The molecule has 0 fully saturated rings. The van der Waals surface area contributed by atoms with Gasteiger partial charge in [-0.1, -0.05) is 12.1 Å². The maximum absolute atomic E-state index is 6.00. The molecule has 2 rings (SSSR count). The largest absolute Gasteiger partial charge is 0.486 e. The highest BCUT2D eigenvalue weighted by molar-refractivity contribution is 9.10. The number of hydrogen-bond acceptors (Lipinski definition) is 3. The highest BCUT2D eigenvalue weighted by Gasteiger charge is 2.10. The second-order valence-electron chi connectivity index (χ2n) is 4.65. The zero-order chi connectivity index (χ0) is 14.5. The van der Waals surface area contributed by atoms with Crippen LogP contribution in [-0.4, -0.2) is 16.3 Å². The normalized spacial score (nSPS) is 10.8. The Kier molecular flexibility index (Phi) is 5.20. The molecular weight excluding hydrogens is 318 g/mol. The van der Waals surface area contributed by atoms with Crippen LogP contribution in [0.5, 0.6) is 5.75 Å². The third-order valence-electron chi connectivity index (χ3n) is 3.11. The van der Waals surface area contributed by atoms with Crippen LogP contribution in [0.15, 0.2) is 28.7 Å². The molecule has 0 bridgehead atoms. The van der Waals surface area contributed by atoms with Crippen LogP contribution >= 0.6 is 15.9 Å². The smallest absolute Gasteiger partial charge is 0.137 e. The summed E-state index contributed by atoms with van der Waals surface area (Å²) in [5.41, 5.74) is 8.87. The number of nitrogens with two attached hydrogens (primary N) is 1. The van der Waals surface area contributed by atoms with Gasteiger partial charge in [-0.25, -0.2) is 0 Å². The molecule has 2 N–H and O–H groups in total. The van der Waals surface area contributed by atoms with Gasteiger partial charge in [0.1, 0.15) is 12.4 Å². The van der Waals surface area contributed by atoms with Gasteiger partial charge in [0.05, 0.1) is 15.9 Å². The lowest BCUT2D eigenvalue weighted by molar-refractivity contribution is 0.287. The lowest BCUT2D eigenvalue weighted by Gasteiger charge is -2.13. The number of halogens is 1. The fourth-order valence-corrected chi connectivity index (χ4v) is 2.72. The zero-order valence-corrected chi connectivity index (χ0v) is 13.5. The van der Waals surface area contributed by atoms with Crippen molar-refractivity contribution in [2.45, 2.75) is 33.4 Å². The van der Waals surface area contributed by atoms with Crippen molar-refractivity contribution in [2.75, 3.05) is 6.54 Å². The van der Waals surface area contributed by atoms with E-state index in [2.05, 4.69) is 40.1 Å². The molecule has 0 saturated carbocycles. The maximum Gasteiger partial charge on any atom is 0.137 e. The van der Waals surface area contributed by atoms with E-state index >= 15 is 0 Å². The van der Waals surface area contributed by atoms with Gasteiger partial charge in [0.15, 0.2) is 0 Å². The van der Waals surface area contributed by atoms with E-state index in [0.717, 1.165) is 40.1 Å². The molecular formula is C15H20BrN3O. The molecule has 1 aromatic heterocycles. The molecule has 1 aromatic carbocycles. The summed E-state index contributed by atoms with van der Waals surface area (Å²) >= 11 is 3.54. The van der Waals surface area contributed by atoms with Crippen LogP contribution in [0.4, 0.5) is 0 Å². The fourth-order valence-electron chi connectivity index (χ4n) is 2.20. The molecule has 4 nitrogen and oxygen atoms in total. The van der Waals surface area contributed by atoms with Crippen LogP contribution in [0.2, 0.25) is 0 Å². The number of rotatable bonds is 6. The monoisotopic (exact) mass is 337 g/mol. The average molecular weight is 338 g/mol. The number of aromatic nitrogens is 2. The van der Waals surface area contributed by atoms with Crippen molar-refractivity contribution in [2.24, 2.45) is 5.73 Å². The summed E-state index contributed by atoms with van der Waals surface area (Å²) < 4.78 is 8.93. The molecule has 5 heteroatoms. The molecule has 0 saturated heterocycles. The SMILES string of the molecule is CCn1nc(C)cc1COc1c(Br)cccc1CCN. The molecule has 2 aromatic rings. The van der Waals surface area contributed by atoms with E-state index in [-0.39, 0.29) is 0 Å². The van der Waals surface area contributed by atoms with Gasteiger partial charge in [-0.2, -0.15) is 5.10 Å². The van der Waals surface area contributed by atoms with Gasteiger partial charge in [-0.15, -0.1) is 0 Å². The van der Waals surface area contributed by atoms with Gasteiger partial charge < -0.3 is 10.5 Å². The van der Waals surface area contributed by atoms with Gasteiger partial charge in [0.25, 0.3) is 0 Å². The molecule has 0 aliphatic carbocycles. The van der Waals surface area contributed by atoms with Crippen molar-refractivity contribution < 1.29 is 4.74 Å². The van der Waals surface area contributed by atoms with Crippen molar-refractivity contribution in [3.63, 3.8) is 0 Å². The Morgan fingerprint density at radius 2 is 2.20 bits per heavy atom. The van der Waals surface area contributed by atoms with Crippen molar-refractivity contribution in [3.8, 4) is 5.75 Å². The molecule has 0 aliphatic heterocycles. The number of hydrogen-bond donors (Lipinski definition) is 1. The minimum Gasteiger partial charge on any atom is -0.486 e. The Morgan fingerprint density at radius 3 is 2.90 bits per heavy atom. The first-order chi connectivity index (χ1) is 9.65. The quantitative estimate of drug-likeness (QED) is 0.881. The molecule has 0 radical (unpaired) electrons. The van der Waals surface area contributed by atoms with E-state index in [4.69, 9.17) is 10.5 Å². The summed E-state index contributed by atoms with van der Waals surface area (Å²) in [5, 5.41) is 4.43. The Bertz CT molecular complexity index is 580. The predicted octanol–water partition coefficient (Wildman–Crippen LogP) is 3.05. The summed E-state index contributed by atoms with van der Waals surface area (Å²) in [5.74, 6) is 0.874. The highest BCUT2D eigenvalue weighted by Crippen LogP contribution is 2.30. The van der Waals surface area contributed by atoms with Gasteiger partial charge in [-0.05, 0) is 60.4 Å². The molecule has 0 atom stereocenters. The van der Waals surface area contributed by atoms with E-state index in [1.165, 1.54) is 0 Å². The first-order valence-corrected chi connectivity index (χ1v) is 7.58. The second-order valence-corrected chi connectivity index (χ2v) is 5.50. The number of para-hydroxylation sites is 1. The van der Waals surface area contributed by atoms with Crippen molar-refractivity contribution in [1.29, 1.82) is 0 Å². The predicted molar refractivity (Wildman–Crippen MR) is 83.9 cm³/mol. The lowest BCUT2D eigenvalue weighted by atomic mass is 10.1. The fraction of sp³-hybridized carbons (Fsp3) is 0.400. The third kappa shape index (κ3) is 3.41. The molecule has 0 amide bonds. The Balaban J connectivity index is 2.18. The highest BCUT2D eigenvalue weighted by atomic mass is 79.9. The number of ether oxygens (including phenoxy) is 1. The molecule has 108 valence electrons. The van der Waals surface area contributed by atoms with E-state index in [9.17, 15) is 0 Å². The third-order valence-corrected chi connectivity index (χ3v) is 3.74. The minimum absolute atomic E-state index is 0.509. The maximum atomic E-state index is 6.00. The molecule has 0 aliphatic rings. The second kappa shape index (κ2) is 6.90. The number of benzene rings is 1. The van der Waals surface area contributed by atoms with Crippen molar-refractivity contribution >= 4 is 15.9 Å². The van der Waals surface area contributed by atoms with Crippen LogP contribution in [-0.2, 0) is 19.6 Å². The van der Waals surface area contributed by atoms with Crippen LogP contribution in [0, 0.1) is 6.92 Å². The van der Waals surface area contributed by atoms with Crippen LogP contribution < -0.4 is 10.5 Å². The first kappa shape index (κ1) is 15.1. The average Bonchev–Trinajstić information content (AvgIpc) is 2.79. The molecule has 1 heterocycles. The van der Waals surface area contributed by atoms with E-state index in [1.807, 2.05) is 23.7 Å². The van der Waals surface area contributed by atoms with E-state index in [1.54, 1.807) is 0 Å². The van der Waals surface area contributed by atoms with Gasteiger partial charge in [0.2, 0.25) is 0 Å². The molecule has 0 unspecified atom stereocenters. The summed E-state index contributed by atoms with van der Waals surface area (Å²) in [6, 6.07) is 8.10. The van der Waals surface area contributed by atoms with Crippen LogP contribution in [0.25, 0.3) is 0 Å². The van der Waals surface area contributed by atoms with E-state index in [0.29, 0.717) is 13.2 Å².